The highest BCUT2D eigenvalue weighted by Crippen LogP contribution is 2.53. The minimum atomic E-state index is -0.682. The normalized spacial score (nSPS) is 34.9. The Morgan fingerprint density at radius 2 is 2.28 bits per heavy atom. The van der Waals surface area contributed by atoms with E-state index in [1.165, 1.54) is 22.4 Å². The standard InChI is InChI=1S/C21H29N2O2/c1-5-9-23(3)13-15-11-18-17(16-7-6-8-19(23)20(15)16)10-14(12-22(18)2)21(24)25-4/h5-8,13-14,17-18,21,24H,1,9-12H2,2-4H3/q+1/t14-,17?,18-,21?,23?/m1/s1. The maximum atomic E-state index is 10.2. The fraction of sp³-hybridized carbons (Fsp3) is 0.524. The average molecular weight is 341 g/mol. The summed E-state index contributed by atoms with van der Waals surface area (Å²) in [5.74, 6) is 0.615. The summed E-state index contributed by atoms with van der Waals surface area (Å²) in [6.45, 7) is 5.76. The number of likely N-dealkylation sites (tertiary alicyclic amines) is 1. The molecule has 4 rings (SSSR count). The first-order chi connectivity index (χ1) is 12.0. The molecule has 2 aliphatic heterocycles. The van der Waals surface area contributed by atoms with Crippen molar-refractivity contribution in [3.05, 3.63) is 48.2 Å². The molecule has 1 aromatic rings. The fourth-order valence-corrected chi connectivity index (χ4v) is 5.32. The van der Waals surface area contributed by atoms with E-state index in [1.807, 2.05) is 6.08 Å². The number of hydrogen-bond acceptors (Lipinski definition) is 3. The fourth-order valence-electron chi connectivity index (χ4n) is 5.32. The minimum Gasteiger partial charge on any atom is -0.368 e. The lowest BCUT2D eigenvalue weighted by atomic mass is 9.70. The first kappa shape index (κ1) is 17.0. The summed E-state index contributed by atoms with van der Waals surface area (Å²) in [5, 5.41) is 10.2. The Labute approximate surface area is 150 Å². The Bertz CT molecular complexity index is 729. The largest absolute Gasteiger partial charge is 0.368 e. The Balaban J connectivity index is 1.78. The van der Waals surface area contributed by atoms with Crippen molar-refractivity contribution in [2.75, 3.05) is 34.3 Å². The van der Waals surface area contributed by atoms with Crippen molar-refractivity contribution < 1.29 is 9.84 Å². The molecular weight excluding hydrogens is 312 g/mol. The first-order valence-electron chi connectivity index (χ1n) is 9.21. The van der Waals surface area contributed by atoms with Crippen LogP contribution in [-0.4, -0.2) is 56.6 Å². The van der Waals surface area contributed by atoms with Gasteiger partial charge in [-0.25, -0.2) is 0 Å². The molecule has 134 valence electrons. The molecule has 1 N–H and O–H groups in total. The van der Waals surface area contributed by atoms with E-state index < -0.39 is 6.29 Å². The number of ether oxygens (including phenoxy) is 1. The van der Waals surface area contributed by atoms with Gasteiger partial charge in [0.25, 0.3) is 0 Å². The maximum absolute atomic E-state index is 10.2. The molecule has 0 amide bonds. The minimum absolute atomic E-state index is 0.160. The third-order valence-electron chi connectivity index (χ3n) is 6.48. The third-order valence-corrected chi connectivity index (χ3v) is 6.48. The molecule has 2 heterocycles. The van der Waals surface area contributed by atoms with Crippen LogP contribution in [0.25, 0.3) is 5.57 Å². The molecule has 1 saturated heterocycles. The van der Waals surface area contributed by atoms with Gasteiger partial charge in [-0.05, 0) is 31.5 Å². The Morgan fingerprint density at radius 3 is 3.00 bits per heavy atom. The van der Waals surface area contributed by atoms with Crippen LogP contribution in [0.2, 0.25) is 0 Å². The van der Waals surface area contributed by atoms with Crippen LogP contribution < -0.4 is 4.48 Å². The van der Waals surface area contributed by atoms with Gasteiger partial charge in [0, 0.05) is 48.7 Å². The van der Waals surface area contributed by atoms with Gasteiger partial charge in [0.15, 0.2) is 6.29 Å². The van der Waals surface area contributed by atoms with Gasteiger partial charge < -0.3 is 14.7 Å². The zero-order valence-electron chi connectivity index (χ0n) is 15.5. The molecule has 0 radical (unpaired) electrons. The third kappa shape index (κ3) is 2.51. The van der Waals surface area contributed by atoms with Crippen molar-refractivity contribution in [1.29, 1.82) is 0 Å². The summed E-state index contributed by atoms with van der Waals surface area (Å²) in [6.07, 6.45) is 5.83. The number of likely N-dealkylation sites (N-methyl/N-ethyl adjacent to an activating group) is 2. The second-order valence-corrected chi connectivity index (χ2v) is 8.07. The van der Waals surface area contributed by atoms with Gasteiger partial charge in [0.05, 0.1) is 7.05 Å². The topological polar surface area (TPSA) is 32.7 Å². The molecular formula is C21H29N2O2+. The number of aliphatic hydroxyl groups is 1. The number of piperidine rings is 1. The second-order valence-electron chi connectivity index (χ2n) is 8.07. The number of benzene rings is 1. The number of rotatable bonds is 4. The number of fused-ring (bicyclic) bond motifs is 2. The Kier molecular flexibility index (Phi) is 4.12. The van der Waals surface area contributed by atoms with E-state index in [-0.39, 0.29) is 5.92 Å². The van der Waals surface area contributed by atoms with Crippen LogP contribution in [0.15, 0.2) is 37.1 Å². The lowest BCUT2D eigenvalue weighted by Crippen LogP contribution is -2.50. The van der Waals surface area contributed by atoms with Crippen LogP contribution in [0.5, 0.6) is 0 Å². The summed E-state index contributed by atoms with van der Waals surface area (Å²) in [5.41, 5.74) is 5.77. The summed E-state index contributed by atoms with van der Waals surface area (Å²) in [7, 11) is 6.05. The number of aliphatic hydroxyl groups excluding tert-OH is 1. The van der Waals surface area contributed by atoms with E-state index in [1.54, 1.807) is 7.11 Å². The Morgan fingerprint density at radius 1 is 1.48 bits per heavy atom. The van der Waals surface area contributed by atoms with Gasteiger partial charge >= 0.3 is 0 Å². The van der Waals surface area contributed by atoms with Gasteiger partial charge in [0.2, 0.25) is 0 Å². The van der Waals surface area contributed by atoms with Crippen LogP contribution in [0.4, 0.5) is 5.69 Å². The molecule has 1 aliphatic carbocycles. The van der Waals surface area contributed by atoms with Crippen LogP contribution in [0.3, 0.4) is 0 Å². The van der Waals surface area contributed by atoms with Crippen LogP contribution >= 0.6 is 0 Å². The number of hydrogen-bond donors (Lipinski definition) is 1. The molecule has 3 unspecified atom stereocenters. The molecule has 4 nitrogen and oxygen atoms in total. The summed E-state index contributed by atoms with van der Waals surface area (Å²) in [6, 6.07) is 7.26. The maximum Gasteiger partial charge on any atom is 0.158 e. The van der Waals surface area contributed by atoms with E-state index in [4.69, 9.17) is 4.74 Å². The second kappa shape index (κ2) is 6.06. The number of methoxy groups -OCH3 is 1. The summed E-state index contributed by atoms with van der Waals surface area (Å²) < 4.78 is 6.05. The smallest absolute Gasteiger partial charge is 0.158 e. The van der Waals surface area contributed by atoms with Gasteiger partial charge in [-0.3, -0.25) is 4.48 Å². The average Bonchev–Trinajstić information content (AvgIpc) is 2.89. The molecule has 0 saturated carbocycles. The highest BCUT2D eigenvalue weighted by atomic mass is 16.6. The zero-order valence-corrected chi connectivity index (χ0v) is 15.5. The lowest BCUT2D eigenvalue weighted by Gasteiger charge is -2.46. The summed E-state index contributed by atoms with van der Waals surface area (Å²) in [4.78, 5) is 2.42. The van der Waals surface area contributed by atoms with E-state index in [9.17, 15) is 5.11 Å². The SMILES string of the molecule is C=CC[N+]1(C)C=C2C[C@@H]3C(C[C@@H](C(O)OC)CN3C)c3cccc1c32. The van der Waals surface area contributed by atoms with Gasteiger partial charge in [0.1, 0.15) is 18.4 Å². The predicted octanol–water partition coefficient (Wildman–Crippen LogP) is 2.94. The molecule has 25 heavy (non-hydrogen) atoms. The van der Waals surface area contributed by atoms with Crippen molar-refractivity contribution in [3.63, 3.8) is 0 Å². The molecule has 1 fully saturated rings. The number of nitrogens with zero attached hydrogens (tertiary/aromatic N) is 2. The van der Waals surface area contributed by atoms with Crippen molar-refractivity contribution in [2.45, 2.75) is 31.1 Å². The van der Waals surface area contributed by atoms with Gasteiger partial charge in [-0.2, -0.15) is 0 Å². The molecule has 0 spiro atoms. The Hall–Kier alpha value is -1.46. The highest BCUT2D eigenvalue weighted by Gasteiger charge is 2.47. The van der Waals surface area contributed by atoms with Crippen molar-refractivity contribution in [2.24, 2.45) is 5.92 Å². The van der Waals surface area contributed by atoms with Crippen LogP contribution in [-0.2, 0) is 4.74 Å². The molecule has 4 heteroatoms. The van der Waals surface area contributed by atoms with Crippen molar-refractivity contribution >= 4 is 11.3 Å². The van der Waals surface area contributed by atoms with E-state index in [0.717, 1.165) is 30.4 Å². The van der Waals surface area contributed by atoms with E-state index in [2.05, 4.69) is 50.0 Å². The molecule has 5 atom stereocenters. The van der Waals surface area contributed by atoms with E-state index in [0.29, 0.717) is 12.0 Å². The predicted molar refractivity (Wildman–Crippen MR) is 102 cm³/mol. The monoisotopic (exact) mass is 341 g/mol. The van der Waals surface area contributed by atoms with Crippen LogP contribution in [0, 0.1) is 5.92 Å². The van der Waals surface area contributed by atoms with Gasteiger partial charge in [-0.15, -0.1) is 0 Å². The van der Waals surface area contributed by atoms with Gasteiger partial charge in [-0.1, -0.05) is 18.7 Å². The first-order valence-corrected chi connectivity index (χ1v) is 9.21. The van der Waals surface area contributed by atoms with Crippen molar-refractivity contribution in [3.8, 4) is 0 Å². The number of quaternary nitrogens is 1. The highest BCUT2D eigenvalue weighted by molar-refractivity contribution is 5.86. The lowest BCUT2D eigenvalue weighted by molar-refractivity contribution is -0.131. The molecule has 3 aliphatic rings. The molecule has 0 aromatic heterocycles. The van der Waals surface area contributed by atoms with E-state index >= 15 is 0 Å². The molecule has 0 bridgehead atoms. The molecule has 1 aromatic carbocycles. The van der Waals surface area contributed by atoms with Crippen molar-refractivity contribution in [1.82, 2.24) is 9.38 Å². The quantitative estimate of drug-likeness (QED) is 0.519. The van der Waals surface area contributed by atoms with Crippen LogP contribution in [0.1, 0.15) is 29.9 Å². The zero-order chi connectivity index (χ0) is 17.8. The summed E-state index contributed by atoms with van der Waals surface area (Å²) >= 11 is 0.